The fourth-order valence-electron chi connectivity index (χ4n) is 2.37. The Morgan fingerprint density at radius 1 is 1.25 bits per heavy atom. The normalized spacial score (nSPS) is 20.8. The number of imidazole rings is 1. The van der Waals surface area contributed by atoms with E-state index in [1.807, 2.05) is 0 Å². The van der Waals surface area contributed by atoms with Crippen molar-refractivity contribution >= 4 is 11.0 Å². The van der Waals surface area contributed by atoms with Crippen molar-refractivity contribution in [2.75, 3.05) is 13.1 Å². The molecule has 0 bridgehead atoms. The maximum Gasteiger partial charge on any atom is 0.111 e. The SMILES string of the molecule is Cc1cc2nc(C3CCNC3)[nH]c2cc1C. The molecule has 0 saturated carbocycles. The van der Waals surface area contributed by atoms with E-state index in [0.29, 0.717) is 5.92 Å². The largest absolute Gasteiger partial charge is 0.342 e. The lowest BCUT2D eigenvalue weighted by Gasteiger charge is -2.01. The molecule has 1 aromatic heterocycles. The van der Waals surface area contributed by atoms with Crippen LogP contribution in [0.3, 0.4) is 0 Å². The Morgan fingerprint density at radius 3 is 2.81 bits per heavy atom. The van der Waals surface area contributed by atoms with Crippen LogP contribution in [0.1, 0.15) is 29.3 Å². The van der Waals surface area contributed by atoms with Crippen LogP contribution in [0.4, 0.5) is 0 Å². The fraction of sp³-hybridized carbons (Fsp3) is 0.462. The van der Waals surface area contributed by atoms with Crippen molar-refractivity contribution in [1.82, 2.24) is 15.3 Å². The molecule has 1 aromatic carbocycles. The number of aryl methyl sites for hydroxylation is 2. The molecule has 1 unspecified atom stereocenters. The summed E-state index contributed by atoms with van der Waals surface area (Å²) in [6.45, 7) is 6.45. The summed E-state index contributed by atoms with van der Waals surface area (Å²) in [6.07, 6.45) is 1.19. The molecular weight excluding hydrogens is 198 g/mol. The highest BCUT2D eigenvalue weighted by Gasteiger charge is 2.19. The summed E-state index contributed by atoms with van der Waals surface area (Å²) < 4.78 is 0. The molecule has 0 spiro atoms. The number of hydrogen-bond acceptors (Lipinski definition) is 2. The van der Waals surface area contributed by atoms with Gasteiger partial charge in [-0.05, 0) is 50.1 Å². The van der Waals surface area contributed by atoms with Gasteiger partial charge in [0.2, 0.25) is 0 Å². The first-order valence-electron chi connectivity index (χ1n) is 5.91. The number of aromatic nitrogens is 2. The molecule has 2 heterocycles. The van der Waals surface area contributed by atoms with E-state index >= 15 is 0 Å². The topological polar surface area (TPSA) is 40.7 Å². The third-order valence-electron chi connectivity index (χ3n) is 3.56. The van der Waals surface area contributed by atoms with Gasteiger partial charge in [0.25, 0.3) is 0 Å². The maximum absolute atomic E-state index is 4.70. The number of hydrogen-bond donors (Lipinski definition) is 2. The van der Waals surface area contributed by atoms with Gasteiger partial charge in [-0.3, -0.25) is 0 Å². The van der Waals surface area contributed by atoms with E-state index in [9.17, 15) is 0 Å². The van der Waals surface area contributed by atoms with Crippen molar-refractivity contribution < 1.29 is 0 Å². The lowest BCUT2D eigenvalue weighted by molar-refractivity contribution is 0.717. The zero-order valence-electron chi connectivity index (χ0n) is 9.80. The Bertz CT molecular complexity index is 482. The zero-order chi connectivity index (χ0) is 11.1. The second-order valence-electron chi connectivity index (χ2n) is 4.77. The van der Waals surface area contributed by atoms with E-state index in [4.69, 9.17) is 4.98 Å². The van der Waals surface area contributed by atoms with Crippen LogP contribution in [0.5, 0.6) is 0 Å². The van der Waals surface area contributed by atoms with Gasteiger partial charge < -0.3 is 10.3 Å². The summed E-state index contributed by atoms with van der Waals surface area (Å²) in [4.78, 5) is 8.16. The summed E-state index contributed by atoms with van der Waals surface area (Å²) in [5, 5.41) is 3.38. The van der Waals surface area contributed by atoms with E-state index in [1.54, 1.807) is 0 Å². The molecule has 0 radical (unpaired) electrons. The molecule has 1 saturated heterocycles. The van der Waals surface area contributed by atoms with E-state index in [0.717, 1.165) is 24.4 Å². The summed E-state index contributed by atoms with van der Waals surface area (Å²) in [5.74, 6) is 1.71. The lowest BCUT2D eigenvalue weighted by Crippen LogP contribution is -2.08. The molecule has 2 N–H and O–H groups in total. The third kappa shape index (κ3) is 1.52. The number of H-pyrrole nitrogens is 1. The van der Waals surface area contributed by atoms with Crippen LogP contribution in [0.15, 0.2) is 12.1 Å². The number of rotatable bonds is 1. The number of nitrogens with zero attached hydrogens (tertiary/aromatic N) is 1. The predicted octanol–water partition coefficient (Wildman–Crippen LogP) is 2.26. The molecule has 1 atom stereocenters. The van der Waals surface area contributed by atoms with Crippen LogP contribution in [0.2, 0.25) is 0 Å². The first-order valence-corrected chi connectivity index (χ1v) is 5.91. The van der Waals surface area contributed by atoms with Crippen LogP contribution >= 0.6 is 0 Å². The van der Waals surface area contributed by atoms with Crippen molar-refractivity contribution in [3.63, 3.8) is 0 Å². The van der Waals surface area contributed by atoms with Gasteiger partial charge in [-0.2, -0.15) is 0 Å². The van der Waals surface area contributed by atoms with Gasteiger partial charge in [-0.15, -0.1) is 0 Å². The molecule has 0 amide bonds. The highest BCUT2D eigenvalue weighted by molar-refractivity contribution is 5.77. The van der Waals surface area contributed by atoms with Gasteiger partial charge in [0.15, 0.2) is 0 Å². The molecule has 2 aromatic rings. The van der Waals surface area contributed by atoms with Crippen LogP contribution in [-0.4, -0.2) is 23.1 Å². The number of benzene rings is 1. The number of nitrogens with one attached hydrogen (secondary N) is 2. The molecule has 0 aliphatic carbocycles. The Kier molecular flexibility index (Phi) is 2.21. The number of fused-ring (bicyclic) bond motifs is 1. The standard InChI is InChI=1S/C13H17N3/c1-8-5-11-12(6-9(8)2)16-13(15-11)10-3-4-14-7-10/h5-6,10,14H,3-4,7H2,1-2H3,(H,15,16). The van der Waals surface area contributed by atoms with Crippen LogP contribution in [0.25, 0.3) is 11.0 Å². The monoisotopic (exact) mass is 215 g/mol. The van der Waals surface area contributed by atoms with Crippen molar-refractivity contribution in [3.8, 4) is 0 Å². The van der Waals surface area contributed by atoms with Gasteiger partial charge in [-0.25, -0.2) is 4.98 Å². The smallest absolute Gasteiger partial charge is 0.111 e. The van der Waals surface area contributed by atoms with Crippen molar-refractivity contribution in [3.05, 3.63) is 29.1 Å². The third-order valence-corrected chi connectivity index (χ3v) is 3.56. The summed E-state index contributed by atoms with van der Waals surface area (Å²) >= 11 is 0. The molecule has 3 rings (SSSR count). The molecule has 3 heteroatoms. The second-order valence-corrected chi connectivity index (χ2v) is 4.77. The van der Waals surface area contributed by atoms with Gasteiger partial charge in [0, 0.05) is 12.5 Å². The minimum atomic E-state index is 0.563. The molecule has 1 aliphatic rings. The minimum absolute atomic E-state index is 0.563. The van der Waals surface area contributed by atoms with Crippen LogP contribution in [-0.2, 0) is 0 Å². The second kappa shape index (κ2) is 3.59. The van der Waals surface area contributed by atoms with Crippen molar-refractivity contribution in [2.24, 2.45) is 0 Å². The zero-order valence-corrected chi connectivity index (χ0v) is 9.80. The first kappa shape index (κ1) is 9.85. The summed E-state index contributed by atoms with van der Waals surface area (Å²) in [5.41, 5.74) is 4.91. The highest BCUT2D eigenvalue weighted by atomic mass is 15.0. The lowest BCUT2D eigenvalue weighted by atomic mass is 10.1. The Morgan fingerprint density at radius 2 is 2.06 bits per heavy atom. The van der Waals surface area contributed by atoms with Crippen LogP contribution in [0, 0.1) is 13.8 Å². The van der Waals surface area contributed by atoms with E-state index in [2.05, 4.69) is 36.3 Å². The fourth-order valence-corrected chi connectivity index (χ4v) is 2.37. The first-order chi connectivity index (χ1) is 7.74. The molecule has 84 valence electrons. The van der Waals surface area contributed by atoms with E-state index in [-0.39, 0.29) is 0 Å². The van der Waals surface area contributed by atoms with Crippen molar-refractivity contribution in [2.45, 2.75) is 26.2 Å². The molecule has 1 fully saturated rings. The minimum Gasteiger partial charge on any atom is -0.342 e. The maximum atomic E-state index is 4.70. The van der Waals surface area contributed by atoms with Crippen molar-refractivity contribution in [1.29, 1.82) is 0 Å². The molecular formula is C13H17N3. The quantitative estimate of drug-likeness (QED) is 0.766. The van der Waals surface area contributed by atoms with Gasteiger partial charge in [-0.1, -0.05) is 0 Å². The van der Waals surface area contributed by atoms with Crippen LogP contribution < -0.4 is 5.32 Å². The van der Waals surface area contributed by atoms with Gasteiger partial charge in [0.05, 0.1) is 11.0 Å². The summed E-state index contributed by atoms with van der Waals surface area (Å²) in [6, 6.07) is 4.37. The Labute approximate surface area is 95.3 Å². The average Bonchev–Trinajstić information content (AvgIpc) is 2.86. The molecule has 1 aliphatic heterocycles. The Balaban J connectivity index is 2.08. The van der Waals surface area contributed by atoms with E-state index < -0.39 is 0 Å². The Hall–Kier alpha value is -1.35. The molecule has 3 nitrogen and oxygen atoms in total. The van der Waals surface area contributed by atoms with Gasteiger partial charge >= 0.3 is 0 Å². The summed E-state index contributed by atoms with van der Waals surface area (Å²) in [7, 11) is 0. The predicted molar refractivity (Wildman–Crippen MR) is 65.8 cm³/mol. The van der Waals surface area contributed by atoms with E-state index in [1.165, 1.54) is 23.1 Å². The average molecular weight is 215 g/mol. The van der Waals surface area contributed by atoms with Gasteiger partial charge in [0.1, 0.15) is 5.82 Å². The molecule has 16 heavy (non-hydrogen) atoms. The highest BCUT2D eigenvalue weighted by Crippen LogP contribution is 2.24. The number of aromatic amines is 1.